The van der Waals surface area contributed by atoms with E-state index in [1.54, 1.807) is 6.20 Å². The fourth-order valence-electron chi connectivity index (χ4n) is 3.53. The Hall–Kier alpha value is -2.44. The summed E-state index contributed by atoms with van der Waals surface area (Å²) < 4.78 is 1.82. The molecule has 0 bridgehead atoms. The van der Waals surface area contributed by atoms with Crippen molar-refractivity contribution in [3.8, 4) is 0 Å². The summed E-state index contributed by atoms with van der Waals surface area (Å²) >= 11 is 0. The van der Waals surface area contributed by atoms with Gasteiger partial charge in [-0.1, -0.05) is 0 Å². The molecule has 1 amide bonds. The van der Waals surface area contributed by atoms with Crippen molar-refractivity contribution < 1.29 is 14.7 Å². The van der Waals surface area contributed by atoms with E-state index < -0.39 is 5.97 Å². The summed E-state index contributed by atoms with van der Waals surface area (Å²) in [6, 6.07) is 1.88. The second-order valence-corrected chi connectivity index (χ2v) is 6.69. The zero-order chi connectivity index (χ0) is 18.0. The maximum Gasteiger partial charge on any atom is 0.303 e. The monoisotopic (exact) mass is 344 g/mol. The van der Waals surface area contributed by atoms with Crippen molar-refractivity contribution in [2.45, 2.75) is 46.1 Å². The molecule has 0 aliphatic carbocycles. The van der Waals surface area contributed by atoms with Gasteiger partial charge in [-0.15, -0.1) is 0 Å². The molecule has 1 N–H and O–H groups in total. The number of carboxylic acids is 1. The van der Waals surface area contributed by atoms with Crippen molar-refractivity contribution in [1.29, 1.82) is 0 Å². The number of carbonyl (C=O) groups excluding carboxylic acids is 1. The van der Waals surface area contributed by atoms with Gasteiger partial charge in [0.25, 0.3) is 5.91 Å². The first-order chi connectivity index (χ1) is 12.0. The number of carbonyl (C=O) groups is 2. The van der Waals surface area contributed by atoms with Crippen LogP contribution in [0.4, 0.5) is 0 Å². The number of amides is 1. The summed E-state index contributed by atoms with van der Waals surface area (Å²) in [5.41, 5.74) is 2.12. The van der Waals surface area contributed by atoms with E-state index in [9.17, 15) is 9.59 Å². The third kappa shape index (κ3) is 3.65. The number of hydrogen-bond donors (Lipinski definition) is 1. The fraction of sp³-hybridized carbons (Fsp3) is 0.556. The number of aryl methyl sites for hydroxylation is 2. The van der Waals surface area contributed by atoms with Gasteiger partial charge >= 0.3 is 5.97 Å². The zero-order valence-corrected chi connectivity index (χ0v) is 14.7. The Morgan fingerprint density at radius 2 is 2.20 bits per heavy atom. The Balaban J connectivity index is 1.79. The number of carboxylic acid groups (broad SMARTS) is 1. The SMILES string of the molecule is CCn1ncc2cc(C(=O)N3CCCC(CCC(=O)O)C3)c(C)nc21. The maximum absolute atomic E-state index is 13.0. The van der Waals surface area contributed by atoms with Gasteiger partial charge < -0.3 is 10.0 Å². The highest BCUT2D eigenvalue weighted by Gasteiger charge is 2.26. The number of hydrogen-bond acceptors (Lipinski definition) is 4. The van der Waals surface area contributed by atoms with Gasteiger partial charge in [-0.3, -0.25) is 9.59 Å². The van der Waals surface area contributed by atoms with Crippen molar-refractivity contribution in [2.24, 2.45) is 5.92 Å². The minimum Gasteiger partial charge on any atom is -0.481 e. The van der Waals surface area contributed by atoms with E-state index in [1.165, 1.54) is 0 Å². The number of aromatic nitrogens is 3. The molecule has 3 rings (SSSR count). The lowest BCUT2D eigenvalue weighted by molar-refractivity contribution is -0.137. The molecule has 2 aromatic rings. The first kappa shape index (κ1) is 17.4. The third-order valence-electron chi connectivity index (χ3n) is 4.90. The number of piperidine rings is 1. The summed E-state index contributed by atoms with van der Waals surface area (Å²) in [5, 5.41) is 14.0. The van der Waals surface area contributed by atoms with E-state index >= 15 is 0 Å². The highest BCUT2D eigenvalue weighted by atomic mass is 16.4. The summed E-state index contributed by atoms with van der Waals surface area (Å²) in [7, 11) is 0. The van der Waals surface area contributed by atoms with E-state index in [1.807, 2.05) is 29.5 Å². The molecule has 1 saturated heterocycles. The highest BCUT2D eigenvalue weighted by Crippen LogP contribution is 2.24. The van der Waals surface area contributed by atoms with Crippen LogP contribution in [0.1, 0.15) is 48.7 Å². The normalized spacial score (nSPS) is 17.8. The van der Waals surface area contributed by atoms with Gasteiger partial charge in [0, 0.05) is 31.4 Å². The van der Waals surface area contributed by atoms with E-state index in [2.05, 4.69) is 10.1 Å². The Bertz CT molecular complexity index is 799. The van der Waals surface area contributed by atoms with Crippen molar-refractivity contribution in [3.63, 3.8) is 0 Å². The molecule has 7 heteroatoms. The molecule has 0 radical (unpaired) electrons. The van der Waals surface area contributed by atoms with Crippen LogP contribution < -0.4 is 0 Å². The second kappa shape index (κ2) is 7.21. The van der Waals surface area contributed by atoms with Crippen LogP contribution >= 0.6 is 0 Å². The van der Waals surface area contributed by atoms with Crippen LogP contribution in [0.2, 0.25) is 0 Å². The molecule has 1 aliphatic rings. The lowest BCUT2D eigenvalue weighted by atomic mass is 9.93. The van der Waals surface area contributed by atoms with Gasteiger partial charge in [0.05, 0.1) is 17.5 Å². The Morgan fingerprint density at radius 3 is 2.92 bits per heavy atom. The van der Waals surface area contributed by atoms with Gasteiger partial charge in [-0.2, -0.15) is 5.10 Å². The Morgan fingerprint density at radius 1 is 1.40 bits per heavy atom. The molecule has 1 fully saturated rings. The molecule has 0 saturated carbocycles. The van der Waals surface area contributed by atoms with Gasteiger partial charge in [0.15, 0.2) is 5.65 Å². The number of nitrogens with zero attached hydrogens (tertiary/aromatic N) is 4. The molecule has 0 aromatic carbocycles. The first-order valence-corrected chi connectivity index (χ1v) is 8.83. The zero-order valence-electron chi connectivity index (χ0n) is 14.7. The van der Waals surface area contributed by atoms with Crippen LogP contribution in [0.3, 0.4) is 0 Å². The first-order valence-electron chi connectivity index (χ1n) is 8.83. The van der Waals surface area contributed by atoms with Gasteiger partial charge in [0.2, 0.25) is 0 Å². The predicted molar refractivity (Wildman–Crippen MR) is 93.4 cm³/mol. The molecule has 1 unspecified atom stereocenters. The molecular weight excluding hydrogens is 320 g/mol. The minimum absolute atomic E-state index is 0.0174. The summed E-state index contributed by atoms with van der Waals surface area (Å²) in [4.78, 5) is 30.2. The van der Waals surface area contributed by atoms with Crippen LogP contribution in [0.5, 0.6) is 0 Å². The van der Waals surface area contributed by atoms with Gasteiger partial charge in [0.1, 0.15) is 0 Å². The molecule has 2 aromatic heterocycles. The van der Waals surface area contributed by atoms with Crippen LogP contribution in [-0.4, -0.2) is 49.7 Å². The largest absolute Gasteiger partial charge is 0.481 e. The van der Waals surface area contributed by atoms with E-state index in [4.69, 9.17) is 5.11 Å². The smallest absolute Gasteiger partial charge is 0.303 e. The standard InChI is InChI=1S/C18H24N4O3/c1-3-22-17-14(10-19-22)9-15(12(2)20-17)18(25)21-8-4-5-13(11-21)6-7-16(23)24/h9-10,13H,3-8,11H2,1-2H3,(H,23,24). The van der Waals surface area contributed by atoms with Crippen molar-refractivity contribution >= 4 is 22.9 Å². The van der Waals surface area contributed by atoms with Crippen molar-refractivity contribution in [1.82, 2.24) is 19.7 Å². The summed E-state index contributed by atoms with van der Waals surface area (Å²) in [5.74, 6) is -0.535. The van der Waals surface area contributed by atoms with Crippen molar-refractivity contribution in [2.75, 3.05) is 13.1 Å². The quantitative estimate of drug-likeness (QED) is 0.900. The third-order valence-corrected chi connectivity index (χ3v) is 4.90. The van der Waals surface area contributed by atoms with Crippen LogP contribution in [0.25, 0.3) is 11.0 Å². The lowest BCUT2D eigenvalue weighted by Gasteiger charge is -2.33. The molecular formula is C18H24N4O3. The summed E-state index contributed by atoms with van der Waals surface area (Å²) in [6.45, 7) is 5.94. The number of likely N-dealkylation sites (tertiary alicyclic amines) is 1. The number of pyridine rings is 1. The summed E-state index contributed by atoms with van der Waals surface area (Å²) in [6.07, 6.45) is 4.43. The van der Waals surface area contributed by atoms with Crippen molar-refractivity contribution in [3.05, 3.63) is 23.5 Å². The number of fused-ring (bicyclic) bond motifs is 1. The molecule has 3 heterocycles. The average Bonchev–Trinajstić information content (AvgIpc) is 3.00. The molecule has 134 valence electrons. The topological polar surface area (TPSA) is 88.3 Å². The van der Waals surface area contributed by atoms with Gasteiger partial charge in [-0.25, -0.2) is 9.67 Å². The number of aliphatic carboxylic acids is 1. The van der Waals surface area contributed by atoms with E-state index in [0.29, 0.717) is 30.8 Å². The highest BCUT2D eigenvalue weighted by molar-refractivity contribution is 5.98. The Kier molecular flexibility index (Phi) is 5.01. The van der Waals surface area contributed by atoms with Gasteiger partial charge in [-0.05, 0) is 45.1 Å². The second-order valence-electron chi connectivity index (χ2n) is 6.69. The van der Waals surface area contributed by atoms with E-state index in [-0.39, 0.29) is 18.2 Å². The Labute approximate surface area is 146 Å². The number of rotatable bonds is 5. The molecule has 1 atom stereocenters. The molecule has 7 nitrogen and oxygen atoms in total. The van der Waals surface area contributed by atoms with Crippen LogP contribution in [0, 0.1) is 12.8 Å². The lowest BCUT2D eigenvalue weighted by Crippen LogP contribution is -2.40. The van der Waals surface area contributed by atoms with Crippen LogP contribution in [0.15, 0.2) is 12.3 Å². The van der Waals surface area contributed by atoms with E-state index in [0.717, 1.165) is 30.4 Å². The fourth-order valence-corrected chi connectivity index (χ4v) is 3.53. The predicted octanol–water partition coefficient (Wildman–Crippen LogP) is 2.48. The van der Waals surface area contributed by atoms with Crippen LogP contribution in [-0.2, 0) is 11.3 Å². The maximum atomic E-state index is 13.0. The minimum atomic E-state index is -0.776. The molecule has 0 spiro atoms. The average molecular weight is 344 g/mol. The molecule has 1 aliphatic heterocycles. The molecule has 25 heavy (non-hydrogen) atoms.